The van der Waals surface area contributed by atoms with Gasteiger partial charge in [0.25, 0.3) is 0 Å². The normalized spacial score (nSPS) is 23.6. The largest absolute Gasteiger partial charge is 0.493 e. The number of hydrogen-bond acceptors (Lipinski definition) is 4. The van der Waals surface area contributed by atoms with Gasteiger partial charge in [-0.05, 0) is 44.0 Å². The minimum Gasteiger partial charge on any atom is -0.493 e. The molecule has 1 aromatic carbocycles. The Kier molecular flexibility index (Phi) is 4.36. The van der Waals surface area contributed by atoms with Gasteiger partial charge in [0, 0.05) is 19.4 Å². The number of ether oxygens (including phenoxy) is 3. The summed E-state index contributed by atoms with van der Waals surface area (Å²) in [5.74, 6) is 1.66. The third-order valence-corrected chi connectivity index (χ3v) is 4.62. The van der Waals surface area contributed by atoms with Gasteiger partial charge < -0.3 is 19.5 Å². The fourth-order valence-corrected chi connectivity index (χ4v) is 3.31. The van der Waals surface area contributed by atoms with Crippen LogP contribution in [0.1, 0.15) is 37.7 Å². The zero-order chi connectivity index (χ0) is 14.7. The molecule has 1 aliphatic carbocycles. The summed E-state index contributed by atoms with van der Waals surface area (Å²) in [6.45, 7) is 1.64. The van der Waals surface area contributed by atoms with Crippen molar-refractivity contribution in [2.75, 3.05) is 20.8 Å². The third-order valence-electron chi connectivity index (χ3n) is 4.62. The smallest absolute Gasteiger partial charge is 0.161 e. The molecule has 1 atom stereocenters. The Morgan fingerprint density at radius 2 is 2.19 bits per heavy atom. The first-order chi connectivity index (χ1) is 10.2. The summed E-state index contributed by atoms with van der Waals surface area (Å²) >= 11 is 0. The number of hydrogen-bond donors (Lipinski definition) is 1. The summed E-state index contributed by atoms with van der Waals surface area (Å²) in [6.07, 6.45) is 5.87. The second-order valence-corrected chi connectivity index (χ2v) is 6.13. The van der Waals surface area contributed by atoms with E-state index in [9.17, 15) is 0 Å². The molecule has 1 saturated heterocycles. The summed E-state index contributed by atoms with van der Waals surface area (Å²) in [6, 6.07) is 6.16. The van der Waals surface area contributed by atoms with Crippen LogP contribution in [0.15, 0.2) is 18.2 Å². The Balaban J connectivity index is 1.68. The van der Waals surface area contributed by atoms with Crippen LogP contribution in [-0.4, -0.2) is 32.5 Å². The summed E-state index contributed by atoms with van der Waals surface area (Å²) in [5.41, 5.74) is 1.31. The van der Waals surface area contributed by atoms with Crippen LogP contribution in [0.25, 0.3) is 0 Å². The topological polar surface area (TPSA) is 39.7 Å². The van der Waals surface area contributed by atoms with Crippen molar-refractivity contribution in [2.24, 2.45) is 0 Å². The quantitative estimate of drug-likeness (QED) is 0.905. The van der Waals surface area contributed by atoms with Crippen LogP contribution >= 0.6 is 0 Å². The minimum absolute atomic E-state index is 0.113. The fourth-order valence-electron chi connectivity index (χ4n) is 3.31. The molecule has 2 aliphatic rings. The molecule has 1 saturated carbocycles. The van der Waals surface area contributed by atoms with Gasteiger partial charge >= 0.3 is 0 Å². The van der Waals surface area contributed by atoms with E-state index in [4.69, 9.17) is 14.2 Å². The first-order valence-electron chi connectivity index (χ1n) is 7.87. The van der Waals surface area contributed by atoms with Gasteiger partial charge in [0.2, 0.25) is 0 Å². The Morgan fingerprint density at radius 3 is 2.86 bits per heavy atom. The molecule has 2 fully saturated rings. The predicted molar refractivity (Wildman–Crippen MR) is 81.9 cm³/mol. The van der Waals surface area contributed by atoms with Crippen molar-refractivity contribution in [2.45, 2.75) is 50.4 Å². The molecule has 1 unspecified atom stereocenters. The van der Waals surface area contributed by atoms with E-state index in [0.29, 0.717) is 0 Å². The van der Waals surface area contributed by atoms with E-state index in [1.165, 1.54) is 24.8 Å². The fraction of sp³-hybridized carbons (Fsp3) is 0.647. The van der Waals surface area contributed by atoms with Gasteiger partial charge in [-0.3, -0.25) is 0 Å². The zero-order valence-corrected chi connectivity index (χ0v) is 13.0. The van der Waals surface area contributed by atoms with Gasteiger partial charge in [-0.1, -0.05) is 6.07 Å². The number of benzene rings is 1. The summed E-state index contributed by atoms with van der Waals surface area (Å²) in [4.78, 5) is 0. The molecule has 0 amide bonds. The van der Waals surface area contributed by atoms with Crippen molar-refractivity contribution < 1.29 is 14.2 Å². The van der Waals surface area contributed by atoms with Gasteiger partial charge in [0.1, 0.15) is 6.10 Å². The van der Waals surface area contributed by atoms with Crippen LogP contribution in [0.2, 0.25) is 0 Å². The predicted octanol–water partition coefficient (Wildman–Crippen LogP) is 2.90. The van der Waals surface area contributed by atoms with Crippen molar-refractivity contribution in [3.8, 4) is 11.5 Å². The molecule has 4 heteroatoms. The molecule has 0 radical (unpaired) electrons. The Labute approximate surface area is 126 Å². The summed E-state index contributed by atoms with van der Waals surface area (Å²) in [7, 11) is 3.64. The molecule has 1 aliphatic heterocycles. The van der Waals surface area contributed by atoms with Crippen LogP contribution in [0, 0.1) is 0 Å². The lowest BCUT2D eigenvalue weighted by Crippen LogP contribution is -2.48. The van der Waals surface area contributed by atoms with Crippen molar-refractivity contribution in [3.63, 3.8) is 0 Å². The van der Waals surface area contributed by atoms with Crippen molar-refractivity contribution in [3.05, 3.63) is 23.8 Å². The average molecular weight is 291 g/mol. The van der Waals surface area contributed by atoms with E-state index >= 15 is 0 Å². The van der Waals surface area contributed by atoms with Crippen LogP contribution in [-0.2, 0) is 11.3 Å². The van der Waals surface area contributed by atoms with Crippen LogP contribution in [0.3, 0.4) is 0 Å². The van der Waals surface area contributed by atoms with Crippen LogP contribution in [0.4, 0.5) is 0 Å². The van der Waals surface area contributed by atoms with Crippen LogP contribution < -0.4 is 14.8 Å². The molecule has 1 spiro atoms. The maximum atomic E-state index is 6.22. The van der Waals surface area contributed by atoms with Gasteiger partial charge in [-0.2, -0.15) is 0 Å². The van der Waals surface area contributed by atoms with Gasteiger partial charge in [0.15, 0.2) is 11.5 Å². The summed E-state index contributed by atoms with van der Waals surface area (Å²) < 4.78 is 17.7. The SMILES string of the molecule is CNCc1ccc(OC2CCOC3(CCC3)C2)c(OC)c1. The van der Waals surface area contributed by atoms with Gasteiger partial charge in [0.05, 0.1) is 19.3 Å². The van der Waals surface area contributed by atoms with Crippen LogP contribution in [0.5, 0.6) is 11.5 Å². The highest BCUT2D eigenvalue weighted by molar-refractivity contribution is 5.43. The number of nitrogens with one attached hydrogen (secondary N) is 1. The maximum absolute atomic E-state index is 6.22. The highest BCUT2D eigenvalue weighted by Gasteiger charge is 2.43. The van der Waals surface area contributed by atoms with E-state index < -0.39 is 0 Å². The number of methoxy groups -OCH3 is 1. The minimum atomic E-state index is 0.113. The Morgan fingerprint density at radius 1 is 1.33 bits per heavy atom. The monoisotopic (exact) mass is 291 g/mol. The molecule has 4 nitrogen and oxygen atoms in total. The molecular formula is C17H25NO3. The van der Waals surface area contributed by atoms with Crippen molar-refractivity contribution in [1.29, 1.82) is 0 Å². The zero-order valence-electron chi connectivity index (χ0n) is 13.0. The van der Waals surface area contributed by atoms with Crippen molar-refractivity contribution in [1.82, 2.24) is 5.32 Å². The maximum Gasteiger partial charge on any atom is 0.161 e. The first kappa shape index (κ1) is 14.7. The molecule has 116 valence electrons. The second-order valence-electron chi connectivity index (χ2n) is 6.13. The molecule has 0 aromatic heterocycles. The highest BCUT2D eigenvalue weighted by atomic mass is 16.5. The lowest BCUT2D eigenvalue weighted by molar-refractivity contribution is -0.153. The molecule has 1 heterocycles. The lowest BCUT2D eigenvalue weighted by Gasteiger charge is -2.46. The van der Waals surface area contributed by atoms with Gasteiger partial charge in [-0.25, -0.2) is 0 Å². The average Bonchev–Trinajstić information content (AvgIpc) is 2.48. The van der Waals surface area contributed by atoms with E-state index in [1.54, 1.807) is 7.11 Å². The van der Waals surface area contributed by atoms with Crippen molar-refractivity contribution >= 4 is 0 Å². The molecule has 21 heavy (non-hydrogen) atoms. The standard InChI is InChI=1S/C17H25NO3/c1-18-12-13-4-5-15(16(10-13)19-2)21-14-6-9-20-17(11-14)7-3-8-17/h4-5,10,14,18H,3,6-9,11-12H2,1-2H3. The second kappa shape index (κ2) is 6.24. The molecule has 3 rings (SSSR count). The Bertz CT molecular complexity index is 485. The Hall–Kier alpha value is -1.26. The van der Waals surface area contributed by atoms with E-state index in [1.807, 2.05) is 19.2 Å². The van der Waals surface area contributed by atoms with E-state index in [2.05, 4.69) is 11.4 Å². The third kappa shape index (κ3) is 3.16. The number of rotatable bonds is 5. The van der Waals surface area contributed by atoms with E-state index in [-0.39, 0.29) is 11.7 Å². The lowest BCUT2D eigenvalue weighted by atomic mass is 9.74. The molecule has 1 aromatic rings. The molecule has 0 bridgehead atoms. The molecule has 1 N–H and O–H groups in total. The summed E-state index contributed by atoms with van der Waals surface area (Å²) in [5, 5.41) is 3.15. The molecular weight excluding hydrogens is 266 g/mol. The van der Waals surface area contributed by atoms with Gasteiger partial charge in [-0.15, -0.1) is 0 Å². The first-order valence-corrected chi connectivity index (χ1v) is 7.87. The highest BCUT2D eigenvalue weighted by Crippen LogP contribution is 2.43. The van der Waals surface area contributed by atoms with E-state index in [0.717, 1.165) is 37.5 Å².